The summed E-state index contributed by atoms with van der Waals surface area (Å²) in [5.74, 6) is 0. The lowest BCUT2D eigenvalue weighted by Gasteiger charge is -2.06. The zero-order valence-electron chi connectivity index (χ0n) is 6.18. The predicted molar refractivity (Wildman–Crippen MR) is 38.1 cm³/mol. The molecule has 3 nitrogen and oxygen atoms in total. The minimum atomic E-state index is 0.324. The first kappa shape index (κ1) is 8.88. The van der Waals surface area contributed by atoms with Gasteiger partial charge in [-0.1, -0.05) is 0 Å². The maximum atomic E-state index is 5.23. The van der Waals surface area contributed by atoms with Crippen LogP contribution < -0.4 is 11.1 Å². The Balaban J connectivity index is 2.75. The lowest BCUT2D eigenvalue weighted by atomic mass is 10.5. The number of hydrogen-bond acceptors (Lipinski definition) is 3. The Kier molecular flexibility index (Phi) is 5.93. The van der Waals surface area contributed by atoms with E-state index in [0.717, 1.165) is 13.2 Å². The lowest BCUT2D eigenvalue weighted by Crippen LogP contribution is -2.26. The van der Waals surface area contributed by atoms with E-state index in [1.165, 1.54) is 0 Å². The van der Waals surface area contributed by atoms with E-state index < -0.39 is 0 Å². The summed E-state index contributed by atoms with van der Waals surface area (Å²) in [4.78, 5) is 0. The molecule has 0 amide bonds. The molecule has 0 aliphatic rings. The SMILES string of the molecule is CC(C)OCCNCN. The van der Waals surface area contributed by atoms with Crippen LogP contribution in [0.3, 0.4) is 0 Å². The van der Waals surface area contributed by atoms with Crippen LogP contribution in [0.15, 0.2) is 0 Å². The van der Waals surface area contributed by atoms with Crippen LogP contribution in [-0.4, -0.2) is 25.9 Å². The molecular formula is C6H16N2O. The van der Waals surface area contributed by atoms with E-state index in [0.29, 0.717) is 12.8 Å². The van der Waals surface area contributed by atoms with E-state index >= 15 is 0 Å². The second-order valence-corrected chi connectivity index (χ2v) is 2.12. The van der Waals surface area contributed by atoms with Gasteiger partial charge in [-0.2, -0.15) is 0 Å². The Morgan fingerprint density at radius 1 is 1.56 bits per heavy atom. The molecule has 9 heavy (non-hydrogen) atoms. The monoisotopic (exact) mass is 132 g/mol. The molecule has 0 saturated heterocycles. The second kappa shape index (κ2) is 6.01. The summed E-state index contributed by atoms with van der Waals surface area (Å²) in [6, 6.07) is 0. The van der Waals surface area contributed by atoms with Crippen molar-refractivity contribution >= 4 is 0 Å². The maximum Gasteiger partial charge on any atom is 0.0594 e. The van der Waals surface area contributed by atoms with Crippen LogP contribution >= 0.6 is 0 Å². The molecule has 0 spiro atoms. The smallest absolute Gasteiger partial charge is 0.0594 e. The molecule has 0 bridgehead atoms. The Morgan fingerprint density at radius 3 is 2.67 bits per heavy atom. The molecule has 0 saturated carbocycles. The first-order valence-corrected chi connectivity index (χ1v) is 3.29. The molecule has 3 heteroatoms. The van der Waals surface area contributed by atoms with Gasteiger partial charge in [-0.05, 0) is 13.8 Å². The average molecular weight is 132 g/mol. The highest BCUT2D eigenvalue weighted by atomic mass is 16.5. The largest absolute Gasteiger partial charge is 0.377 e. The molecule has 0 atom stereocenters. The van der Waals surface area contributed by atoms with Gasteiger partial charge in [0.05, 0.1) is 12.7 Å². The Morgan fingerprint density at radius 2 is 2.22 bits per heavy atom. The third kappa shape index (κ3) is 7.88. The van der Waals surface area contributed by atoms with Gasteiger partial charge in [0.2, 0.25) is 0 Å². The van der Waals surface area contributed by atoms with Gasteiger partial charge in [-0.15, -0.1) is 0 Å². The Labute approximate surface area is 56.6 Å². The fourth-order valence-electron chi connectivity index (χ4n) is 0.469. The third-order valence-corrected chi connectivity index (χ3v) is 0.874. The standard InChI is InChI=1S/C6H16N2O/c1-6(2)9-4-3-8-5-7/h6,8H,3-5,7H2,1-2H3. The highest BCUT2D eigenvalue weighted by Crippen LogP contribution is 1.84. The van der Waals surface area contributed by atoms with Crippen molar-refractivity contribution in [3.63, 3.8) is 0 Å². The molecule has 0 heterocycles. The summed E-state index contributed by atoms with van der Waals surface area (Å²) < 4.78 is 5.23. The van der Waals surface area contributed by atoms with Crippen LogP contribution in [0.4, 0.5) is 0 Å². The van der Waals surface area contributed by atoms with Gasteiger partial charge in [-0.3, -0.25) is 0 Å². The van der Waals surface area contributed by atoms with E-state index in [1.54, 1.807) is 0 Å². The molecule has 0 radical (unpaired) electrons. The lowest BCUT2D eigenvalue weighted by molar-refractivity contribution is 0.0810. The van der Waals surface area contributed by atoms with Crippen molar-refractivity contribution in [3.05, 3.63) is 0 Å². The van der Waals surface area contributed by atoms with Crippen LogP contribution in [0.25, 0.3) is 0 Å². The molecule has 0 aromatic carbocycles. The fourth-order valence-corrected chi connectivity index (χ4v) is 0.469. The van der Waals surface area contributed by atoms with E-state index in [9.17, 15) is 0 Å². The number of nitrogens with two attached hydrogens (primary N) is 1. The van der Waals surface area contributed by atoms with Crippen LogP contribution in [-0.2, 0) is 4.74 Å². The van der Waals surface area contributed by atoms with Crippen molar-refractivity contribution in [2.24, 2.45) is 5.73 Å². The summed E-state index contributed by atoms with van der Waals surface area (Å²) in [5.41, 5.74) is 5.18. The summed E-state index contributed by atoms with van der Waals surface area (Å²) in [6.07, 6.45) is 0.324. The summed E-state index contributed by atoms with van der Waals surface area (Å²) >= 11 is 0. The van der Waals surface area contributed by atoms with Crippen LogP contribution in [0.5, 0.6) is 0 Å². The van der Waals surface area contributed by atoms with Gasteiger partial charge in [0.15, 0.2) is 0 Å². The van der Waals surface area contributed by atoms with Crippen LogP contribution in [0.1, 0.15) is 13.8 Å². The summed E-state index contributed by atoms with van der Waals surface area (Å²) in [7, 11) is 0. The predicted octanol–water partition coefficient (Wildman–Crippen LogP) is -0.0828. The highest BCUT2D eigenvalue weighted by Gasteiger charge is 1.89. The molecule has 56 valence electrons. The molecule has 0 aromatic heterocycles. The van der Waals surface area contributed by atoms with Crippen molar-refractivity contribution in [2.45, 2.75) is 20.0 Å². The van der Waals surface area contributed by atoms with E-state index in [1.807, 2.05) is 13.8 Å². The first-order valence-electron chi connectivity index (χ1n) is 3.29. The molecule has 0 fully saturated rings. The first-order chi connectivity index (χ1) is 4.27. The minimum absolute atomic E-state index is 0.324. The second-order valence-electron chi connectivity index (χ2n) is 2.12. The van der Waals surface area contributed by atoms with E-state index in [2.05, 4.69) is 5.32 Å². The minimum Gasteiger partial charge on any atom is -0.377 e. The molecule has 0 aliphatic carbocycles. The van der Waals surface area contributed by atoms with Gasteiger partial charge >= 0.3 is 0 Å². The maximum absolute atomic E-state index is 5.23. The van der Waals surface area contributed by atoms with Gasteiger partial charge in [0, 0.05) is 13.2 Å². The molecule has 0 aliphatic heterocycles. The van der Waals surface area contributed by atoms with Gasteiger partial charge in [0.25, 0.3) is 0 Å². The molecule has 0 rings (SSSR count). The van der Waals surface area contributed by atoms with Gasteiger partial charge in [-0.25, -0.2) is 0 Å². The quantitative estimate of drug-likeness (QED) is 0.406. The van der Waals surface area contributed by atoms with Crippen molar-refractivity contribution < 1.29 is 4.74 Å². The average Bonchev–Trinajstić information content (AvgIpc) is 1.80. The van der Waals surface area contributed by atoms with Gasteiger partial charge in [0.1, 0.15) is 0 Å². The zero-order chi connectivity index (χ0) is 7.11. The normalized spacial score (nSPS) is 10.7. The topological polar surface area (TPSA) is 47.3 Å². The van der Waals surface area contributed by atoms with Crippen molar-refractivity contribution in [3.8, 4) is 0 Å². The van der Waals surface area contributed by atoms with E-state index in [4.69, 9.17) is 10.5 Å². The molecule has 0 aromatic rings. The summed E-state index contributed by atoms with van der Waals surface area (Å²) in [5, 5.41) is 2.96. The molecule has 0 unspecified atom stereocenters. The Hall–Kier alpha value is -0.120. The van der Waals surface area contributed by atoms with Crippen molar-refractivity contribution in [2.75, 3.05) is 19.8 Å². The number of nitrogens with one attached hydrogen (secondary N) is 1. The summed E-state index contributed by atoms with van der Waals surface area (Å²) in [6.45, 7) is 6.15. The third-order valence-electron chi connectivity index (χ3n) is 0.874. The highest BCUT2D eigenvalue weighted by molar-refractivity contribution is 4.41. The Bertz CT molecular complexity index is 57.0. The van der Waals surface area contributed by atoms with Crippen LogP contribution in [0, 0.1) is 0 Å². The van der Waals surface area contributed by atoms with Gasteiger partial charge < -0.3 is 15.8 Å². The zero-order valence-corrected chi connectivity index (χ0v) is 6.18. The number of hydrogen-bond donors (Lipinski definition) is 2. The molecule has 3 N–H and O–H groups in total. The molecular weight excluding hydrogens is 116 g/mol. The van der Waals surface area contributed by atoms with Crippen LogP contribution in [0.2, 0.25) is 0 Å². The van der Waals surface area contributed by atoms with E-state index in [-0.39, 0.29) is 0 Å². The van der Waals surface area contributed by atoms with Crippen molar-refractivity contribution in [1.29, 1.82) is 0 Å². The number of rotatable bonds is 5. The van der Waals surface area contributed by atoms with Crippen molar-refractivity contribution in [1.82, 2.24) is 5.32 Å². The number of ether oxygens (including phenoxy) is 1. The fraction of sp³-hybridized carbons (Fsp3) is 1.00.